The lowest BCUT2D eigenvalue weighted by atomic mass is 10.1. The largest absolute Gasteiger partial charge is 0.489 e. The van der Waals surface area contributed by atoms with Crippen molar-refractivity contribution in [2.45, 2.75) is 53.3 Å². The van der Waals surface area contributed by atoms with E-state index < -0.39 is 23.3 Å². The number of benzene rings is 2. The Morgan fingerprint density at radius 3 is 2.42 bits per heavy atom. The highest BCUT2D eigenvalue weighted by atomic mass is 35.5. The van der Waals surface area contributed by atoms with Crippen molar-refractivity contribution >= 4 is 29.2 Å². The van der Waals surface area contributed by atoms with E-state index >= 15 is 0 Å². The molecule has 0 bridgehead atoms. The molecule has 10 heteroatoms. The fourth-order valence-electron chi connectivity index (χ4n) is 3.45. The molecule has 3 aromatic rings. The Balaban J connectivity index is 2.02. The Bertz CT molecular complexity index is 1330. The normalized spacial score (nSPS) is 12.6. The van der Waals surface area contributed by atoms with Crippen molar-refractivity contribution in [1.29, 1.82) is 0 Å². The molecule has 0 unspecified atom stereocenters. The smallest absolute Gasteiger partial charge is 0.354 e. The van der Waals surface area contributed by atoms with Crippen LogP contribution in [-0.4, -0.2) is 33.3 Å². The number of hydrogen-bond donors (Lipinski definition) is 1. The summed E-state index contributed by atoms with van der Waals surface area (Å²) >= 11 is 6.41. The van der Waals surface area contributed by atoms with Gasteiger partial charge in [-0.05, 0) is 44.0 Å². The minimum Gasteiger partial charge on any atom is -0.489 e. The van der Waals surface area contributed by atoms with Gasteiger partial charge in [0.2, 0.25) is 5.95 Å². The molecule has 0 radical (unpaired) electrons. The Morgan fingerprint density at radius 2 is 1.81 bits per heavy atom. The number of nitrogens with one attached hydrogen (secondary N) is 1. The van der Waals surface area contributed by atoms with Crippen LogP contribution in [0.15, 0.2) is 52.1 Å². The van der Waals surface area contributed by atoms with E-state index in [4.69, 9.17) is 21.1 Å². The van der Waals surface area contributed by atoms with Crippen LogP contribution in [0.3, 0.4) is 0 Å². The molecule has 0 fully saturated rings. The van der Waals surface area contributed by atoms with Crippen molar-refractivity contribution in [3.63, 3.8) is 0 Å². The molecule has 0 saturated carbocycles. The summed E-state index contributed by atoms with van der Waals surface area (Å²) in [6, 6.07) is 12.8. The Kier molecular flexibility index (Phi) is 8.93. The summed E-state index contributed by atoms with van der Waals surface area (Å²) in [6.07, 6.45) is 0.832. The number of ether oxygens (including phenoxy) is 2. The molecule has 2 atom stereocenters. The summed E-state index contributed by atoms with van der Waals surface area (Å²) in [5.74, 6) is -0.637. The molecule has 1 heterocycles. The molecule has 36 heavy (non-hydrogen) atoms. The van der Waals surface area contributed by atoms with Gasteiger partial charge >= 0.3 is 17.3 Å². The van der Waals surface area contributed by atoms with Crippen molar-refractivity contribution in [2.24, 2.45) is 5.92 Å². The summed E-state index contributed by atoms with van der Waals surface area (Å²) in [4.78, 5) is 42.3. The highest BCUT2D eigenvalue weighted by Crippen LogP contribution is 2.30. The molecule has 0 aliphatic carbocycles. The molecule has 0 aliphatic heterocycles. The molecule has 3 rings (SSSR count). The second kappa shape index (κ2) is 11.9. The first-order valence-corrected chi connectivity index (χ1v) is 12.1. The van der Waals surface area contributed by atoms with Crippen LogP contribution in [0.2, 0.25) is 5.02 Å². The van der Waals surface area contributed by atoms with Gasteiger partial charge in [0, 0.05) is 12.2 Å². The number of nitrogens with zero attached hydrogens (tertiary/aromatic N) is 3. The molecule has 9 nitrogen and oxygen atoms in total. The predicted molar refractivity (Wildman–Crippen MR) is 139 cm³/mol. The predicted octanol–water partition coefficient (Wildman–Crippen LogP) is 4.15. The van der Waals surface area contributed by atoms with Gasteiger partial charge in [-0.2, -0.15) is 4.98 Å². The molecule has 0 amide bonds. The molecular formula is C26H31ClN4O5. The van der Waals surface area contributed by atoms with Gasteiger partial charge in [0.05, 0.1) is 30.7 Å². The maximum Gasteiger partial charge on any atom is 0.354 e. The van der Waals surface area contributed by atoms with Crippen LogP contribution < -0.4 is 21.4 Å². The lowest BCUT2D eigenvalue weighted by Crippen LogP contribution is -2.44. The fraction of sp³-hybridized carbons (Fsp3) is 0.385. The zero-order valence-electron chi connectivity index (χ0n) is 21.1. The fourth-order valence-corrected chi connectivity index (χ4v) is 3.68. The third kappa shape index (κ3) is 6.54. The minimum absolute atomic E-state index is 0.00244. The number of methoxy groups -OCH3 is 1. The van der Waals surface area contributed by atoms with Gasteiger partial charge in [-0.1, -0.05) is 55.3 Å². The van der Waals surface area contributed by atoms with Crippen molar-refractivity contribution in [3.8, 4) is 5.75 Å². The van der Waals surface area contributed by atoms with E-state index in [1.165, 1.54) is 11.7 Å². The van der Waals surface area contributed by atoms with Gasteiger partial charge in [0.15, 0.2) is 0 Å². The van der Waals surface area contributed by atoms with E-state index in [0.717, 1.165) is 22.1 Å². The number of carbonyl (C=O) groups excluding carboxylic acids is 1. The first kappa shape index (κ1) is 27.0. The second-order valence-corrected chi connectivity index (χ2v) is 9.12. The number of aromatic nitrogens is 3. The zero-order chi connectivity index (χ0) is 26.4. The SMILES string of the molecule is CC[C@@H](C)Oc1ccc(Nc2nc(=O)n(C[C@H](C)C(=O)OC)c(=O)n2Cc2ccc(C)cc2)cc1Cl. The number of carbonyl (C=O) groups is 1. The van der Waals surface area contributed by atoms with Gasteiger partial charge in [-0.25, -0.2) is 14.2 Å². The number of anilines is 2. The van der Waals surface area contributed by atoms with Crippen LogP contribution in [0, 0.1) is 12.8 Å². The quantitative estimate of drug-likeness (QED) is 0.405. The maximum atomic E-state index is 13.4. The number of esters is 1. The van der Waals surface area contributed by atoms with E-state index in [-0.39, 0.29) is 25.1 Å². The molecule has 1 N–H and O–H groups in total. The third-order valence-electron chi connectivity index (χ3n) is 5.76. The monoisotopic (exact) mass is 514 g/mol. The average Bonchev–Trinajstić information content (AvgIpc) is 2.86. The molecule has 192 valence electrons. The number of halogens is 1. The lowest BCUT2D eigenvalue weighted by Gasteiger charge is -2.18. The van der Waals surface area contributed by atoms with E-state index in [1.54, 1.807) is 25.1 Å². The maximum absolute atomic E-state index is 13.4. The van der Waals surface area contributed by atoms with Crippen LogP contribution in [0.25, 0.3) is 0 Å². The van der Waals surface area contributed by atoms with Gasteiger partial charge in [-0.15, -0.1) is 0 Å². The summed E-state index contributed by atoms with van der Waals surface area (Å²) < 4.78 is 12.8. The zero-order valence-corrected chi connectivity index (χ0v) is 21.8. The van der Waals surface area contributed by atoms with Crippen LogP contribution in [0.5, 0.6) is 5.75 Å². The molecule has 1 aromatic heterocycles. The first-order valence-electron chi connectivity index (χ1n) is 11.7. The van der Waals surface area contributed by atoms with Crippen LogP contribution in [-0.2, 0) is 22.6 Å². The summed E-state index contributed by atoms with van der Waals surface area (Å²) in [5.41, 5.74) is 1.07. The van der Waals surface area contributed by atoms with Crippen LogP contribution >= 0.6 is 11.6 Å². The van der Waals surface area contributed by atoms with Crippen molar-refractivity contribution in [3.05, 3.63) is 79.6 Å². The van der Waals surface area contributed by atoms with Gasteiger partial charge < -0.3 is 14.8 Å². The lowest BCUT2D eigenvalue weighted by molar-refractivity contribution is -0.145. The number of hydrogen-bond acceptors (Lipinski definition) is 7. The third-order valence-corrected chi connectivity index (χ3v) is 6.06. The average molecular weight is 515 g/mol. The number of rotatable bonds is 10. The highest BCUT2D eigenvalue weighted by Gasteiger charge is 2.20. The topological polar surface area (TPSA) is 104 Å². The molecule has 0 aliphatic rings. The van der Waals surface area contributed by atoms with Gasteiger partial charge in [-0.3, -0.25) is 9.36 Å². The van der Waals surface area contributed by atoms with Gasteiger partial charge in [0.25, 0.3) is 0 Å². The van der Waals surface area contributed by atoms with E-state index in [0.29, 0.717) is 16.5 Å². The molecule has 0 spiro atoms. The van der Waals surface area contributed by atoms with Crippen molar-refractivity contribution < 1.29 is 14.3 Å². The summed E-state index contributed by atoms with van der Waals surface area (Å²) in [6.45, 7) is 7.52. The van der Waals surface area contributed by atoms with Crippen molar-refractivity contribution in [2.75, 3.05) is 12.4 Å². The van der Waals surface area contributed by atoms with Gasteiger partial charge in [0.1, 0.15) is 5.75 Å². The second-order valence-electron chi connectivity index (χ2n) is 8.71. The highest BCUT2D eigenvalue weighted by molar-refractivity contribution is 6.32. The van der Waals surface area contributed by atoms with E-state index in [9.17, 15) is 14.4 Å². The molecular weight excluding hydrogens is 484 g/mol. The number of aryl methyl sites for hydroxylation is 1. The van der Waals surface area contributed by atoms with E-state index in [1.807, 2.05) is 45.0 Å². The summed E-state index contributed by atoms with van der Waals surface area (Å²) in [5, 5.41) is 3.42. The standard InChI is InChI=1S/C26H31ClN4O5/c1-6-18(4)36-22-12-11-20(13-21(22)27)28-24-29-25(33)31(14-17(3)23(32)35-5)26(34)30(24)15-19-9-7-16(2)8-10-19/h7-13,17-18H,6,14-15H2,1-5H3,(H,28,29,33)/t17-,18+/m0/s1. The Hall–Kier alpha value is -3.59. The van der Waals surface area contributed by atoms with Crippen LogP contribution in [0.1, 0.15) is 38.3 Å². The van der Waals surface area contributed by atoms with Crippen LogP contribution in [0.4, 0.5) is 11.6 Å². The first-order chi connectivity index (χ1) is 17.1. The molecule has 0 saturated heterocycles. The summed E-state index contributed by atoms with van der Waals surface area (Å²) in [7, 11) is 1.26. The Labute approximate surface area is 214 Å². The minimum atomic E-state index is -0.777. The Morgan fingerprint density at radius 1 is 1.11 bits per heavy atom. The molecule has 2 aromatic carbocycles. The van der Waals surface area contributed by atoms with Crippen molar-refractivity contribution in [1.82, 2.24) is 14.1 Å². The van der Waals surface area contributed by atoms with E-state index in [2.05, 4.69) is 10.3 Å².